The summed E-state index contributed by atoms with van der Waals surface area (Å²) in [6.45, 7) is 1.48. The van der Waals surface area contributed by atoms with E-state index in [-0.39, 0.29) is 12.1 Å². The average molecular weight is 203 g/mol. The van der Waals surface area contributed by atoms with Crippen molar-refractivity contribution in [2.24, 2.45) is 5.73 Å². The van der Waals surface area contributed by atoms with Crippen molar-refractivity contribution < 1.29 is 19.4 Å². The van der Waals surface area contributed by atoms with E-state index in [2.05, 4.69) is 5.73 Å². The Bertz CT molecular complexity index is 183. The van der Waals surface area contributed by atoms with Gasteiger partial charge in [0.25, 0.3) is 0 Å². The number of hydrogen-bond donors (Lipinski definition) is 2. The smallest absolute Gasteiger partial charge is 0.402 e. The lowest BCUT2D eigenvalue weighted by Crippen LogP contribution is -2.18. The highest BCUT2D eigenvalue weighted by molar-refractivity contribution is 5.66. The summed E-state index contributed by atoms with van der Waals surface area (Å²) in [6, 6.07) is 0. The molecule has 5 nitrogen and oxygen atoms in total. The van der Waals surface area contributed by atoms with Crippen molar-refractivity contribution in [1.82, 2.24) is 0 Å². The Morgan fingerprint density at radius 3 is 2.07 bits per heavy atom. The second-order valence-corrected chi connectivity index (χ2v) is 3.21. The van der Waals surface area contributed by atoms with Crippen molar-refractivity contribution in [3.63, 3.8) is 0 Å². The van der Waals surface area contributed by atoms with Crippen molar-refractivity contribution in [3.8, 4) is 0 Å². The van der Waals surface area contributed by atoms with Gasteiger partial charge in [0.15, 0.2) is 0 Å². The van der Waals surface area contributed by atoms with Crippen LogP contribution in [0.5, 0.6) is 0 Å². The van der Waals surface area contributed by atoms with Crippen molar-refractivity contribution in [2.75, 3.05) is 0 Å². The Kier molecular flexibility index (Phi) is 6.53. The lowest BCUT2D eigenvalue weighted by atomic mass is 9.98. The van der Waals surface area contributed by atoms with Crippen LogP contribution in [0, 0.1) is 0 Å². The lowest BCUT2D eigenvalue weighted by Gasteiger charge is -2.20. The monoisotopic (exact) mass is 203 g/mol. The number of ether oxygens (including phenoxy) is 1. The van der Waals surface area contributed by atoms with Crippen molar-refractivity contribution in [1.29, 1.82) is 0 Å². The molecule has 0 aromatic carbocycles. The first kappa shape index (κ1) is 12.7. The van der Waals surface area contributed by atoms with Gasteiger partial charge in [-0.2, -0.15) is 0 Å². The van der Waals surface area contributed by atoms with Crippen LogP contribution >= 0.6 is 0 Å². The maximum atomic E-state index is 10.5. The van der Waals surface area contributed by atoms with E-state index in [4.69, 9.17) is 14.6 Å². The predicted octanol–water partition coefficient (Wildman–Crippen LogP) is 1.51. The van der Waals surface area contributed by atoms with Crippen LogP contribution < -0.4 is 5.73 Å². The third kappa shape index (κ3) is 8.83. The van der Waals surface area contributed by atoms with E-state index in [0.717, 1.165) is 12.8 Å². The molecule has 0 radical (unpaired) electrons. The van der Waals surface area contributed by atoms with Crippen molar-refractivity contribution >= 4 is 12.1 Å². The number of esters is 1. The fourth-order valence-electron chi connectivity index (χ4n) is 1.42. The molecule has 1 amide bonds. The molecular weight excluding hydrogens is 186 g/mol. The third-order valence-corrected chi connectivity index (χ3v) is 1.88. The van der Waals surface area contributed by atoms with E-state index < -0.39 is 6.09 Å². The van der Waals surface area contributed by atoms with Gasteiger partial charge in [-0.25, -0.2) is 4.79 Å². The number of nitrogens with two attached hydrogens (primary N) is 1. The number of amides is 1. The lowest BCUT2D eigenvalue weighted by molar-refractivity contribution is -0.147. The van der Waals surface area contributed by atoms with Gasteiger partial charge in [0, 0.05) is 6.92 Å². The Hall–Kier alpha value is -1.26. The van der Waals surface area contributed by atoms with Crippen LogP contribution in [-0.2, 0) is 9.53 Å². The molecule has 0 heterocycles. The molecule has 1 aliphatic rings. The van der Waals surface area contributed by atoms with Gasteiger partial charge in [0.2, 0.25) is 0 Å². The van der Waals surface area contributed by atoms with E-state index >= 15 is 0 Å². The van der Waals surface area contributed by atoms with Gasteiger partial charge in [-0.05, 0) is 25.7 Å². The van der Waals surface area contributed by atoms with Gasteiger partial charge >= 0.3 is 12.1 Å². The van der Waals surface area contributed by atoms with Crippen molar-refractivity contribution in [2.45, 2.75) is 45.1 Å². The molecular formula is C9H17NO4. The van der Waals surface area contributed by atoms with Gasteiger partial charge in [0.05, 0.1) is 0 Å². The maximum Gasteiger partial charge on any atom is 0.402 e. The maximum absolute atomic E-state index is 10.5. The molecule has 1 fully saturated rings. The quantitative estimate of drug-likeness (QED) is 0.632. The molecule has 0 aromatic heterocycles. The largest absolute Gasteiger partial charge is 0.465 e. The standard InChI is InChI=1S/C8H14O2.CH3NO2/c1-7(9)10-8-5-3-2-4-6-8;2-1(3)4/h8H,2-6H2,1H3;2H2,(H,3,4). The topological polar surface area (TPSA) is 89.6 Å². The van der Waals surface area contributed by atoms with Crippen LogP contribution in [-0.4, -0.2) is 23.3 Å². The van der Waals surface area contributed by atoms with Crippen LogP contribution in [0.15, 0.2) is 0 Å². The van der Waals surface area contributed by atoms with Crippen LogP contribution in [0.25, 0.3) is 0 Å². The van der Waals surface area contributed by atoms with Crippen LogP contribution in [0.3, 0.4) is 0 Å². The molecule has 1 rings (SSSR count). The number of carbonyl (C=O) groups is 2. The fourth-order valence-corrected chi connectivity index (χ4v) is 1.42. The molecule has 0 unspecified atom stereocenters. The van der Waals surface area contributed by atoms with E-state index in [1.54, 1.807) is 0 Å². The van der Waals surface area contributed by atoms with Crippen LogP contribution in [0.1, 0.15) is 39.0 Å². The molecule has 3 N–H and O–H groups in total. The van der Waals surface area contributed by atoms with E-state index in [1.165, 1.54) is 26.2 Å². The van der Waals surface area contributed by atoms with Crippen LogP contribution in [0.2, 0.25) is 0 Å². The highest BCUT2D eigenvalue weighted by atomic mass is 16.5. The third-order valence-electron chi connectivity index (χ3n) is 1.88. The first-order valence-electron chi connectivity index (χ1n) is 4.68. The highest BCUT2D eigenvalue weighted by Crippen LogP contribution is 2.19. The van der Waals surface area contributed by atoms with Gasteiger partial charge < -0.3 is 15.6 Å². The first-order valence-corrected chi connectivity index (χ1v) is 4.68. The zero-order valence-corrected chi connectivity index (χ0v) is 8.36. The Morgan fingerprint density at radius 2 is 1.71 bits per heavy atom. The molecule has 1 aliphatic carbocycles. The molecule has 0 spiro atoms. The summed E-state index contributed by atoms with van der Waals surface area (Å²) in [5, 5.41) is 7.19. The summed E-state index contributed by atoms with van der Waals surface area (Å²) >= 11 is 0. The fraction of sp³-hybridized carbons (Fsp3) is 0.778. The van der Waals surface area contributed by atoms with Gasteiger partial charge in [0.1, 0.15) is 6.10 Å². The van der Waals surface area contributed by atoms with E-state index in [9.17, 15) is 4.79 Å². The summed E-state index contributed by atoms with van der Waals surface area (Å²) in [6.07, 6.45) is 4.78. The number of hydrogen-bond acceptors (Lipinski definition) is 3. The second-order valence-electron chi connectivity index (χ2n) is 3.21. The normalized spacial score (nSPS) is 16.4. The zero-order chi connectivity index (χ0) is 11.0. The SMILES string of the molecule is CC(=O)OC1CCCCC1.NC(=O)O. The van der Waals surface area contributed by atoms with Crippen molar-refractivity contribution in [3.05, 3.63) is 0 Å². The molecule has 0 aliphatic heterocycles. The van der Waals surface area contributed by atoms with Gasteiger partial charge in [-0.1, -0.05) is 6.42 Å². The zero-order valence-electron chi connectivity index (χ0n) is 8.36. The Labute approximate surface area is 83.2 Å². The number of primary amides is 1. The summed E-state index contributed by atoms with van der Waals surface area (Å²) in [4.78, 5) is 19.3. The summed E-state index contributed by atoms with van der Waals surface area (Å²) in [5.41, 5.74) is 4.03. The Balaban J connectivity index is 0.000000364. The number of carboxylic acid groups (broad SMARTS) is 1. The molecule has 5 heteroatoms. The minimum absolute atomic E-state index is 0.132. The minimum atomic E-state index is -1.33. The van der Waals surface area contributed by atoms with Crippen LogP contribution in [0.4, 0.5) is 4.79 Å². The molecule has 14 heavy (non-hydrogen) atoms. The van der Waals surface area contributed by atoms with Gasteiger partial charge in [-0.15, -0.1) is 0 Å². The summed E-state index contributed by atoms with van der Waals surface area (Å²) in [7, 11) is 0. The number of carbonyl (C=O) groups excluding carboxylic acids is 1. The minimum Gasteiger partial charge on any atom is -0.465 e. The Morgan fingerprint density at radius 1 is 1.29 bits per heavy atom. The second kappa shape index (κ2) is 7.17. The molecule has 0 saturated heterocycles. The molecule has 0 bridgehead atoms. The average Bonchev–Trinajstić information content (AvgIpc) is 2.03. The number of rotatable bonds is 1. The molecule has 0 aromatic rings. The van der Waals surface area contributed by atoms with Gasteiger partial charge in [-0.3, -0.25) is 4.79 Å². The van der Waals surface area contributed by atoms with E-state index in [1.807, 2.05) is 0 Å². The summed E-state index contributed by atoms with van der Waals surface area (Å²) in [5.74, 6) is -0.132. The summed E-state index contributed by atoms with van der Waals surface area (Å²) < 4.78 is 5.05. The molecule has 0 atom stereocenters. The molecule has 1 saturated carbocycles. The molecule has 82 valence electrons. The first-order chi connectivity index (χ1) is 6.52. The predicted molar refractivity (Wildman–Crippen MR) is 50.9 cm³/mol. The van der Waals surface area contributed by atoms with E-state index in [0.29, 0.717) is 0 Å². The highest BCUT2D eigenvalue weighted by Gasteiger charge is 2.14.